The van der Waals surface area contributed by atoms with E-state index >= 15 is 0 Å². The Morgan fingerprint density at radius 3 is 2.73 bits per heavy atom. The molecular weight excluding hydrogens is 307 g/mol. The molecule has 0 aliphatic carbocycles. The Kier molecular flexibility index (Phi) is 3.42. The summed E-state index contributed by atoms with van der Waals surface area (Å²) < 4.78 is 45.5. The molecule has 0 bridgehead atoms. The van der Waals surface area contributed by atoms with Crippen LogP contribution in [-0.2, 0) is 10.9 Å². The molecule has 1 saturated heterocycles. The van der Waals surface area contributed by atoms with E-state index in [1.807, 2.05) is 0 Å². The third kappa shape index (κ3) is 2.26. The van der Waals surface area contributed by atoms with Crippen LogP contribution in [0.4, 0.5) is 19.0 Å². The third-order valence-corrected chi connectivity index (χ3v) is 3.44. The molecule has 3 heterocycles. The van der Waals surface area contributed by atoms with Gasteiger partial charge >= 0.3 is 6.18 Å². The Hall–Kier alpha value is -1.98. The predicted molar refractivity (Wildman–Crippen MR) is 66.4 cm³/mol. The van der Waals surface area contributed by atoms with Gasteiger partial charge in [-0.05, 0) is 0 Å². The second kappa shape index (κ2) is 5.04. The van der Waals surface area contributed by atoms with Crippen LogP contribution < -0.4 is 5.73 Å². The van der Waals surface area contributed by atoms with Gasteiger partial charge in [0, 0.05) is 6.42 Å². The molecule has 8 nitrogen and oxygen atoms in total. The summed E-state index contributed by atoms with van der Waals surface area (Å²) in [5, 5.41) is 21.8. The Labute approximate surface area is 121 Å². The van der Waals surface area contributed by atoms with Crippen molar-refractivity contribution in [1.29, 1.82) is 0 Å². The van der Waals surface area contributed by atoms with Crippen molar-refractivity contribution in [2.75, 3.05) is 12.3 Å². The van der Waals surface area contributed by atoms with Crippen LogP contribution in [0.25, 0.3) is 11.0 Å². The molecule has 22 heavy (non-hydrogen) atoms. The van der Waals surface area contributed by atoms with E-state index in [0.717, 1.165) is 11.0 Å². The molecule has 1 aliphatic rings. The van der Waals surface area contributed by atoms with E-state index in [2.05, 4.69) is 15.1 Å². The first-order valence-corrected chi connectivity index (χ1v) is 6.33. The molecule has 1 fully saturated rings. The highest BCUT2D eigenvalue weighted by atomic mass is 19.4. The van der Waals surface area contributed by atoms with Crippen molar-refractivity contribution < 1.29 is 28.1 Å². The molecule has 3 rings (SSSR count). The Balaban J connectivity index is 2.14. The maximum absolute atomic E-state index is 13.1. The molecule has 0 radical (unpaired) electrons. The van der Waals surface area contributed by atoms with Gasteiger partial charge in [-0.25, -0.2) is 14.6 Å². The van der Waals surface area contributed by atoms with Crippen molar-refractivity contribution in [3.8, 4) is 0 Å². The highest BCUT2D eigenvalue weighted by Crippen LogP contribution is 2.38. The molecule has 0 spiro atoms. The normalized spacial score (nSPS) is 26.0. The highest BCUT2D eigenvalue weighted by molar-refractivity contribution is 5.88. The van der Waals surface area contributed by atoms with Crippen molar-refractivity contribution in [3.05, 3.63) is 12.0 Å². The van der Waals surface area contributed by atoms with E-state index < -0.39 is 42.3 Å². The Bertz CT molecular complexity index is 704. The lowest BCUT2D eigenvalue weighted by Gasteiger charge is -2.12. The largest absolute Gasteiger partial charge is 0.435 e. The number of nitrogens with zero attached hydrogens (tertiary/aromatic N) is 4. The van der Waals surface area contributed by atoms with Gasteiger partial charge in [-0.1, -0.05) is 0 Å². The maximum Gasteiger partial charge on any atom is 0.435 e. The second-order valence-electron chi connectivity index (χ2n) is 4.86. The third-order valence-electron chi connectivity index (χ3n) is 3.44. The molecule has 1 unspecified atom stereocenters. The Morgan fingerprint density at radius 1 is 1.41 bits per heavy atom. The van der Waals surface area contributed by atoms with Crippen LogP contribution in [0.5, 0.6) is 0 Å². The van der Waals surface area contributed by atoms with E-state index in [9.17, 15) is 18.3 Å². The number of nitrogen functional groups attached to an aromatic ring is 1. The number of hydrogen-bond donors (Lipinski definition) is 3. The average Bonchev–Trinajstić information content (AvgIpc) is 2.99. The molecular formula is C11H12F3N5O3. The summed E-state index contributed by atoms with van der Waals surface area (Å²) in [7, 11) is 0. The first kappa shape index (κ1) is 14.9. The summed E-state index contributed by atoms with van der Waals surface area (Å²) >= 11 is 0. The smallest absolute Gasteiger partial charge is 0.394 e. The van der Waals surface area contributed by atoms with Crippen LogP contribution >= 0.6 is 0 Å². The van der Waals surface area contributed by atoms with E-state index in [1.54, 1.807) is 0 Å². The number of anilines is 1. The number of aliphatic hydroxyl groups is 2. The van der Waals surface area contributed by atoms with Gasteiger partial charge in [-0.2, -0.15) is 18.3 Å². The number of ether oxygens (including phenoxy) is 1. The zero-order valence-corrected chi connectivity index (χ0v) is 11.0. The predicted octanol–water partition coefficient (Wildman–Crippen LogP) is 0.0680. The van der Waals surface area contributed by atoms with Crippen LogP contribution in [0.3, 0.4) is 0 Å². The van der Waals surface area contributed by atoms with Crippen LogP contribution in [-0.4, -0.2) is 48.8 Å². The number of rotatable bonds is 2. The molecule has 2 aromatic rings. The lowest BCUT2D eigenvalue weighted by atomic mass is 10.2. The quantitative estimate of drug-likeness (QED) is 0.716. The summed E-state index contributed by atoms with van der Waals surface area (Å²) in [6.07, 6.45) is -6.63. The SMILES string of the molecule is Nc1ncnc2c1c(C(F)(F)F)nn2[C@H]1CC(O)[C@@H](CO)O1. The summed E-state index contributed by atoms with van der Waals surface area (Å²) in [6, 6.07) is 0. The lowest BCUT2D eigenvalue weighted by Crippen LogP contribution is -2.24. The highest BCUT2D eigenvalue weighted by Gasteiger charge is 2.42. The Morgan fingerprint density at radius 2 is 2.14 bits per heavy atom. The average molecular weight is 319 g/mol. The number of halogens is 3. The van der Waals surface area contributed by atoms with E-state index in [-0.39, 0.29) is 17.9 Å². The standard InChI is InChI=1S/C11H12F3N5O3/c12-11(13,14)8-7-9(15)16-3-17-10(7)19(18-8)6-1-4(21)5(2-20)22-6/h3-6,20-21H,1-2H2,(H2,15,16,17)/t4?,5-,6-/m1/s1. The zero-order chi connectivity index (χ0) is 16.1. The number of alkyl halides is 3. The van der Waals surface area contributed by atoms with E-state index in [1.165, 1.54) is 0 Å². The molecule has 0 amide bonds. The van der Waals surface area contributed by atoms with E-state index in [4.69, 9.17) is 15.6 Å². The van der Waals surface area contributed by atoms with Gasteiger partial charge < -0.3 is 20.7 Å². The van der Waals surface area contributed by atoms with E-state index in [0.29, 0.717) is 0 Å². The summed E-state index contributed by atoms with van der Waals surface area (Å²) in [6.45, 7) is -0.458. The number of aromatic nitrogens is 4. The lowest BCUT2D eigenvalue weighted by molar-refractivity contribution is -0.141. The van der Waals surface area contributed by atoms with Gasteiger partial charge in [0.05, 0.1) is 18.1 Å². The minimum Gasteiger partial charge on any atom is -0.394 e. The van der Waals surface area contributed by atoms with Crippen molar-refractivity contribution in [2.24, 2.45) is 0 Å². The number of hydrogen-bond acceptors (Lipinski definition) is 7. The van der Waals surface area contributed by atoms with Crippen molar-refractivity contribution in [3.63, 3.8) is 0 Å². The van der Waals surface area contributed by atoms with Gasteiger partial charge in [-0.15, -0.1) is 0 Å². The van der Waals surface area contributed by atoms with Gasteiger partial charge in [0.15, 0.2) is 17.6 Å². The molecule has 1 aliphatic heterocycles. The fraction of sp³-hybridized carbons (Fsp3) is 0.545. The van der Waals surface area contributed by atoms with Gasteiger partial charge in [0.1, 0.15) is 18.2 Å². The molecule has 0 saturated carbocycles. The van der Waals surface area contributed by atoms with Gasteiger partial charge in [0.25, 0.3) is 0 Å². The molecule has 120 valence electrons. The van der Waals surface area contributed by atoms with Crippen LogP contribution in [0.1, 0.15) is 18.3 Å². The first-order valence-electron chi connectivity index (χ1n) is 6.33. The fourth-order valence-corrected chi connectivity index (χ4v) is 2.42. The van der Waals surface area contributed by atoms with Crippen molar-refractivity contribution in [2.45, 2.75) is 31.0 Å². The summed E-state index contributed by atoms with van der Waals surface area (Å²) in [5.41, 5.74) is 4.15. The monoisotopic (exact) mass is 319 g/mol. The van der Waals surface area contributed by atoms with Crippen molar-refractivity contribution in [1.82, 2.24) is 19.7 Å². The molecule has 11 heteroatoms. The summed E-state index contributed by atoms with van der Waals surface area (Å²) in [5.74, 6) is -0.346. The maximum atomic E-state index is 13.1. The minimum atomic E-state index is -4.74. The van der Waals surface area contributed by atoms with Crippen LogP contribution in [0.2, 0.25) is 0 Å². The number of aliphatic hydroxyl groups excluding tert-OH is 2. The van der Waals surface area contributed by atoms with Gasteiger partial charge in [-0.3, -0.25) is 0 Å². The first-order chi connectivity index (χ1) is 10.3. The van der Waals surface area contributed by atoms with Crippen LogP contribution in [0.15, 0.2) is 6.33 Å². The topological polar surface area (TPSA) is 119 Å². The van der Waals surface area contributed by atoms with Crippen LogP contribution in [0, 0.1) is 0 Å². The fourth-order valence-electron chi connectivity index (χ4n) is 2.42. The minimum absolute atomic E-state index is 0.0246. The molecule has 0 aromatic carbocycles. The zero-order valence-electron chi connectivity index (χ0n) is 11.0. The number of fused-ring (bicyclic) bond motifs is 1. The van der Waals surface area contributed by atoms with Crippen molar-refractivity contribution >= 4 is 16.9 Å². The molecule has 3 atom stereocenters. The second-order valence-corrected chi connectivity index (χ2v) is 4.86. The summed E-state index contributed by atoms with van der Waals surface area (Å²) in [4.78, 5) is 7.33. The number of nitrogens with two attached hydrogens (primary N) is 1. The molecule has 2 aromatic heterocycles. The van der Waals surface area contributed by atoms with Gasteiger partial charge in [0.2, 0.25) is 0 Å². The molecule has 4 N–H and O–H groups in total.